The van der Waals surface area contributed by atoms with E-state index in [0.717, 1.165) is 6.26 Å². The Labute approximate surface area is 68.7 Å². The zero-order valence-corrected chi connectivity index (χ0v) is 8.36. The average molecular weight is 180 g/mol. The monoisotopic (exact) mass is 180 g/mol. The van der Waals surface area contributed by atoms with Gasteiger partial charge in [-0.1, -0.05) is 20.8 Å². The van der Waals surface area contributed by atoms with Crippen LogP contribution in [0.1, 0.15) is 20.8 Å². The Kier molecular flexibility index (Phi) is 3.51. The number of sulfone groups is 1. The van der Waals surface area contributed by atoms with E-state index in [1.54, 1.807) is 0 Å². The van der Waals surface area contributed by atoms with Gasteiger partial charge in [0.05, 0.1) is 6.61 Å². The Bertz CT molecular complexity index is 198. The molecule has 0 saturated heterocycles. The van der Waals surface area contributed by atoms with Crippen LogP contribution in [-0.4, -0.2) is 27.2 Å². The summed E-state index contributed by atoms with van der Waals surface area (Å²) in [5, 5.41) is 0. The normalized spacial score (nSPS) is 13.5. The van der Waals surface area contributed by atoms with E-state index in [4.69, 9.17) is 4.74 Å². The van der Waals surface area contributed by atoms with Gasteiger partial charge in [0.1, 0.15) is 5.94 Å². The highest BCUT2D eigenvalue weighted by molar-refractivity contribution is 7.90. The first-order valence-electron chi connectivity index (χ1n) is 3.46. The fourth-order valence-electron chi connectivity index (χ4n) is 0.499. The minimum atomic E-state index is -2.97. The molecule has 0 N–H and O–H groups in total. The second-order valence-corrected chi connectivity index (χ2v) is 6.04. The first kappa shape index (κ1) is 10.9. The molecule has 0 aliphatic rings. The molecule has 0 heterocycles. The van der Waals surface area contributed by atoms with Crippen molar-refractivity contribution in [2.75, 3.05) is 18.8 Å². The molecule has 0 bridgehead atoms. The lowest BCUT2D eigenvalue weighted by Crippen LogP contribution is -2.18. The van der Waals surface area contributed by atoms with Crippen molar-refractivity contribution >= 4 is 9.84 Å². The van der Waals surface area contributed by atoms with Crippen LogP contribution in [0.15, 0.2) is 0 Å². The van der Waals surface area contributed by atoms with E-state index in [1.165, 1.54) is 0 Å². The van der Waals surface area contributed by atoms with Gasteiger partial charge in [0, 0.05) is 6.26 Å². The number of hydrogen-bond donors (Lipinski definition) is 0. The van der Waals surface area contributed by atoms with Crippen LogP contribution in [0.4, 0.5) is 0 Å². The molecule has 0 aromatic heterocycles. The molecule has 0 unspecified atom stereocenters. The second kappa shape index (κ2) is 3.54. The lowest BCUT2D eigenvalue weighted by molar-refractivity contribution is 0.102. The molecule has 0 aliphatic heterocycles. The van der Waals surface area contributed by atoms with Crippen LogP contribution in [0.5, 0.6) is 0 Å². The zero-order valence-electron chi connectivity index (χ0n) is 7.55. The summed E-state index contributed by atoms with van der Waals surface area (Å²) in [4.78, 5) is 0. The summed E-state index contributed by atoms with van der Waals surface area (Å²) in [5.41, 5.74) is 0.0324. The molecule has 0 saturated carbocycles. The average Bonchev–Trinajstić information content (AvgIpc) is 1.55. The van der Waals surface area contributed by atoms with E-state index in [-0.39, 0.29) is 11.4 Å². The summed E-state index contributed by atoms with van der Waals surface area (Å²) in [5.74, 6) is -0.176. The molecule has 0 aliphatic carbocycles. The van der Waals surface area contributed by atoms with E-state index in [9.17, 15) is 8.42 Å². The highest BCUT2D eigenvalue weighted by Crippen LogP contribution is 2.12. The highest BCUT2D eigenvalue weighted by atomic mass is 32.2. The summed E-state index contributed by atoms with van der Waals surface area (Å²) in [7, 11) is -2.97. The van der Waals surface area contributed by atoms with Gasteiger partial charge in [-0.3, -0.25) is 0 Å². The second-order valence-electron chi connectivity index (χ2n) is 3.95. The molecular formula is C7H16O3S. The lowest BCUT2D eigenvalue weighted by Gasteiger charge is -2.17. The van der Waals surface area contributed by atoms with Crippen LogP contribution in [0.25, 0.3) is 0 Å². The molecule has 68 valence electrons. The molecule has 0 rings (SSSR count). The molecule has 0 fully saturated rings. The van der Waals surface area contributed by atoms with Crippen LogP contribution in [-0.2, 0) is 14.6 Å². The quantitative estimate of drug-likeness (QED) is 0.652. The maximum Gasteiger partial charge on any atom is 0.171 e. The van der Waals surface area contributed by atoms with Crippen LogP contribution < -0.4 is 0 Å². The third-order valence-corrected chi connectivity index (χ3v) is 1.43. The van der Waals surface area contributed by atoms with Crippen LogP contribution in [0.2, 0.25) is 0 Å². The minimum absolute atomic E-state index is 0.0324. The largest absolute Gasteiger partial charge is 0.365 e. The Hall–Kier alpha value is -0.0900. The van der Waals surface area contributed by atoms with Gasteiger partial charge >= 0.3 is 0 Å². The van der Waals surface area contributed by atoms with Crippen molar-refractivity contribution in [1.82, 2.24) is 0 Å². The van der Waals surface area contributed by atoms with Crippen molar-refractivity contribution < 1.29 is 13.2 Å². The summed E-state index contributed by atoms with van der Waals surface area (Å²) in [6, 6.07) is 0. The Morgan fingerprint density at radius 3 is 2.00 bits per heavy atom. The van der Waals surface area contributed by atoms with Gasteiger partial charge in [0.25, 0.3) is 0 Å². The Morgan fingerprint density at radius 2 is 1.73 bits per heavy atom. The SMILES string of the molecule is CC(C)(C)COCS(C)(=O)=O. The maximum absolute atomic E-state index is 10.6. The summed E-state index contributed by atoms with van der Waals surface area (Å²) in [6.07, 6.45) is 1.16. The van der Waals surface area contributed by atoms with Crippen molar-refractivity contribution in [3.63, 3.8) is 0 Å². The smallest absolute Gasteiger partial charge is 0.171 e. The topological polar surface area (TPSA) is 43.4 Å². The molecule has 0 radical (unpaired) electrons. The molecule has 0 amide bonds. The lowest BCUT2D eigenvalue weighted by atomic mass is 9.99. The minimum Gasteiger partial charge on any atom is -0.365 e. The van der Waals surface area contributed by atoms with Crippen molar-refractivity contribution in [2.24, 2.45) is 5.41 Å². The van der Waals surface area contributed by atoms with E-state index in [2.05, 4.69) is 0 Å². The van der Waals surface area contributed by atoms with Gasteiger partial charge in [-0.2, -0.15) is 0 Å². The van der Waals surface area contributed by atoms with Crippen LogP contribution in [0, 0.1) is 5.41 Å². The van der Waals surface area contributed by atoms with E-state index < -0.39 is 9.84 Å². The molecule has 0 aromatic carbocycles. The van der Waals surface area contributed by atoms with E-state index in [1.807, 2.05) is 20.8 Å². The van der Waals surface area contributed by atoms with Crippen molar-refractivity contribution in [2.45, 2.75) is 20.8 Å². The molecule has 0 spiro atoms. The summed E-state index contributed by atoms with van der Waals surface area (Å²) < 4.78 is 26.2. The van der Waals surface area contributed by atoms with Crippen molar-refractivity contribution in [3.05, 3.63) is 0 Å². The van der Waals surface area contributed by atoms with Crippen LogP contribution >= 0.6 is 0 Å². The molecule has 0 aromatic rings. The highest BCUT2D eigenvalue weighted by Gasteiger charge is 2.11. The standard InChI is InChI=1S/C7H16O3S/c1-7(2,3)5-10-6-11(4,8)9/h5-6H2,1-4H3. The van der Waals surface area contributed by atoms with Gasteiger partial charge in [0.15, 0.2) is 9.84 Å². The van der Waals surface area contributed by atoms with Crippen LogP contribution in [0.3, 0.4) is 0 Å². The van der Waals surface area contributed by atoms with Gasteiger partial charge in [-0.15, -0.1) is 0 Å². The third kappa shape index (κ3) is 9.91. The Balaban J connectivity index is 3.61. The van der Waals surface area contributed by atoms with Crippen molar-refractivity contribution in [1.29, 1.82) is 0 Å². The first-order chi connectivity index (χ1) is 4.71. The predicted molar refractivity (Wildman–Crippen MR) is 45.1 cm³/mol. The zero-order chi connectivity index (χ0) is 9.12. The number of ether oxygens (including phenoxy) is 1. The summed E-state index contributed by atoms with van der Waals surface area (Å²) in [6.45, 7) is 6.46. The predicted octanol–water partition coefficient (Wildman–Crippen LogP) is 1.05. The molecule has 4 heteroatoms. The summed E-state index contributed by atoms with van der Waals surface area (Å²) >= 11 is 0. The van der Waals surface area contributed by atoms with Crippen molar-refractivity contribution in [3.8, 4) is 0 Å². The molecule has 0 atom stereocenters. The number of rotatable bonds is 3. The number of hydrogen-bond acceptors (Lipinski definition) is 3. The fourth-order valence-corrected chi connectivity index (χ4v) is 0.885. The molecule has 11 heavy (non-hydrogen) atoms. The molecule has 3 nitrogen and oxygen atoms in total. The van der Waals surface area contributed by atoms with Gasteiger partial charge in [-0.25, -0.2) is 8.42 Å². The fraction of sp³-hybridized carbons (Fsp3) is 1.00. The Morgan fingerprint density at radius 1 is 1.27 bits per heavy atom. The van der Waals surface area contributed by atoms with Gasteiger partial charge < -0.3 is 4.74 Å². The maximum atomic E-state index is 10.6. The first-order valence-corrected chi connectivity index (χ1v) is 5.52. The van der Waals surface area contributed by atoms with E-state index >= 15 is 0 Å². The molecular weight excluding hydrogens is 164 g/mol. The van der Waals surface area contributed by atoms with E-state index in [0.29, 0.717) is 6.61 Å². The van der Waals surface area contributed by atoms with Gasteiger partial charge in [-0.05, 0) is 5.41 Å². The third-order valence-electron chi connectivity index (χ3n) is 0.832. The van der Waals surface area contributed by atoms with Gasteiger partial charge in [0.2, 0.25) is 0 Å².